The maximum atomic E-state index is 11.1. The Labute approximate surface area is 80.7 Å². The predicted octanol–water partition coefficient (Wildman–Crippen LogP) is 1.75. The molecule has 0 fully saturated rings. The molecule has 1 aromatic carbocycles. The lowest BCUT2D eigenvalue weighted by Crippen LogP contribution is -2.03. The van der Waals surface area contributed by atoms with E-state index >= 15 is 0 Å². The molecule has 2 aromatic rings. The van der Waals surface area contributed by atoms with Crippen LogP contribution in [0.15, 0.2) is 47.3 Å². The van der Waals surface area contributed by atoms with Gasteiger partial charge in [0.2, 0.25) is 0 Å². The Morgan fingerprint density at radius 2 is 1.79 bits per heavy atom. The van der Waals surface area contributed by atoms with Crippen molar-refractivity contribution in [3.05, 3.63) is 52.8 Å². The van der Waals surface area contributed by atoms with Crippen LogP contribution in [0.25, 0.3) is 11.3 Å². The number of hydrogen-bond donors (Lipinski definition) is 2. The Hall–Kier alpha value is -2.03. The van der Waals surface area contributed by atoms with Crippen molar-refractivity contribution in [3.63, 3.8) is 0 Å². The van der Waals surface area contributed by atoms with E-state index in [1.807, 2.05) is 30.3 Å². The third-order valence-corrected chi connectivity index (χ3v) is 1.91. The Morgan fingerprint density at radius 3 is 2.43 bits per heavy atom. The van der Waals surface area contributed by atoms with Gasteiger partial charge in [0.1, 0.15) is 5.75 Å². The second-order valence-corrected chi connectivity index (χ2v) is 2.98. The number of rotatable bonds is 1. The number of nitrogens with one attached hydrogen (secondary N) is 1. The van der Waals surface area contributed by atoms with Crippen LogP contribution in [0, 0.1) is 0 Å². The summed E-state index contributed by atoms with van der Waals surface area (Å²) >= 11 is 0. The molecule has 0 aliphatic heterocycles. The lowest BCUT2D eigenvalue weighted by Gasteiger charge is -2.00. The van der Waals surface area contributed by atoms with Crippen LogP contribution in [-0.4, -0.2) is 10.1 Å². The molecule has 0 radical (unpaired) electrons. The van der Waals surface area contributed by atoms with Crippen molar-refractivity contribution in [2.75, 3.05) is 0 Å². The van der Waals surface area contributed by atoms with Crippen LogP contribution in [0.1, 0.15) is 0 Å². The normalized spacial score (nSPS) is 10.0. The molecular formula is C11H9NO2. The van der Waals surface area contributed by atoms with Crippen LogP contribution < -0.4 is 5.56 Å². The molecule has 0 unspecified atom stereocenters. The van der Waals surface area contributed by atoms with Gasteiger partial charge in [-0.2, -0.15) is 0 Å². The maximum absolute atomic E-state index is 11.1. The number of benzene rings is 1. The zero-order valence-corrected chi connectivity index (χ0v) is 7.40. The molecule has 0 saturated heterocycles. The van der Waals surface area contributed by atoms with E-state index in [9.17, 15) is 9.90 Å². The predicted molar refractivity (Wildman–Crippen MR) is 54.2 cm³/mol. The van der Waals surface area contributed by atoms with Crippen LogP contribution in [0.5, 0.6) is 5.75 Å². The SMILES string of the molecule is O=c1cc(O)cc(-c2ccccc2)[nH]1. The molecule has 0 bridgehead atoms. The van der Waals surface area contributed by atoms with E-state index in [0.29, 0.717) is 5.69 Å². The van der Waals surface area contributed by atoms with Gasteiger partial charge in [0.25, 0.3) is 5.56 Å². The summed E-state index contributed by atoms with van der Waals surface area (Å²) < 4.78 is 0. The lowest BCUT2D eigenvalue weighted by atomic mass is 10.1. The van der Waals surface area contributed by atoms with Crippen LogP contribution >= 0.6 is 0 Å². The fourth-order valence-electron chi connectivity index (χ4n) is 1.30. The highest BCUT2D eigenvalue weighted by Gasteiger charge is 1.99. The highest BCUT2D eigenvalue weighted by Crippen LogP contribution is 2.17. The Balaban J connectivity index is 2.58. The van der Waals surface area contributed by atoms with Gasteiger partial charge in [0, 0.05) is 12.1 Å². The molecule has 3 nitrogen and oxygen atoms in total. The standard InChI is InChI=1S/C11H9NO2/c13-9-6-10(12-11(14)7-9)8-4-2-1-3-5-8/h1-7H,(H2,12,13,14). The maximum Gasteiger partial charge on any atom is 0.252 e. The molecule has 3 heteroatoms. The van der Waals surface area contributed by atoms with Gasteiger partial charge in [-0.1, -0.05) is 30.3 Å². The summed E-state index contributed by atoms with van der Waals surface area (Å²) in [5.74, 6) is -0.0207. The van der Waals surface area contributed by atoms with Gasteiger partial charge in [-0.05, 0) is 5.56 Å². The molecule has 1 aromatic heterocycles. The van der Waals surface area contributed by atoms with Crippen LogP contribution in [-0.2, 0) is 0 Å². The summed E-state index contributed by atoms with van der Waals surface area (Å²) in [6, 6.07) is 12.0. The van der Waals surface area contributed by atoms with Crippen molar-refractivity contribution < 1.29 is 5.11 Å². The molecule has 0 saturated carbocycles. The smallest absolute Gasteiger partial charge is 0.252 e. The first kappa shape index (κ1) is 8.56. The van der Waals surface area contributed by atoms with Gasteiger partial charge in [-0.15, -0.1) is 0 Å². The second kappa shape index (κ2) is 3.38. The zero-order valence-electron chi connectivity index (χ0n) is 7.40. The Bertz CT molecular complexity index is 488. The summed E-state index contributed by atoms with van der Waals surface area (Å²) in [5.41, 5.74) is 1.19. The number of H-pyrrole nitrogens is 1. The molecule has 2 N–H and O–H groups in total. The Morgan fingerprint density at radius 1 is 1.07 bits per heavy atom. The van der Waals surface area contributed by atoms with Gasteiger partial charge in [0.15, 0.2) is 0 Å². The van der Waals surface area contributed by atoms with Crippen molar-refractivity contribution in [2.45, 2.75) is 0 Å². The van der Waals surface area contributed by atoms with E-state index in [1.54, 1.807) is 0 Å². The first-order chi connectivity index (χ1) is 6.75. The fraction of sp³-hybridized carbons (Fsp3) is 0. The monoisotopic (exact) mass is 187 g/mol. The van der Waals surface area contributed by atoms with Crippen LogP contribution in [0.2, 0.25) is 0 Å². The molecule has 0 aliphatic carbocycles. The van der Waals surface area contributed by atoms with Gasteiger partial charge in [-0.3, -0.25) is 4.79 Å². The van der Waals surface area contributed by atoms with Gasteiger partial charge >= 0.3 is 0 Å². The van der Waals surface area contributed by atoms with E-state index in [1.165, 1.54) is 6.07 Å². The van der Waals surface area contributed by atoms with Crippen molar-refractivity contribution in [1.82, 2.24) is 4.98 Å². The van der Waals surface area contributed by atoms with Crippen molar-refractivity contribution >= 4 is 0 Å². The van der Waals surface area contributed by atoms with Crippen LogP contribution in [0.4, 0.5) is 0 Å². The molecule has 0 aliphatic rings. The highest BCUT2D eigenvalue weighted by atomic mass is 16.3. The van der Waals surface area contributed by atoms with Gasteiger partial charge < -0.3 is 10.1 Å². The topological polar surface area (TPSA) is 53.1 Å². The Kier molecular flexibility index (Phi) is 2.07. The van der Waals surface area contributed by atoms with E-state index in [2.05, 4.69) is 4.98 Å². The first-order valence-corrected chi connectivity index (χ1v) is 4.24. The minimum absolute atomic E-state index is 0.0207. The fourth-order valence-corrected chi connectivity index (χ4v) is 1.30. The van der Waals surface area contributed by atoms with Gasteiger partial charge in [-0.25, -0.2) is 0 Å². The number of aromatic nitrogens is 1. The number of hydrogen-bond acceptors (Lipinski definition) is 2. The molecule has 70 valence electrons. The van der Waals surface area contributed by atoms with E-state index < -0.39 is 0 Å². The molecule has 14 heavy (non-hydrogen) atoms. The molecule has 2 rings (SSSR count). The van der Waals surface area contributed by atoms with E-state index in [0.717, 1.165) is 11.6 Å². The number of aromatic amines is 1. The molecule has 1 heterocycles. The van der Waals surface area contributed by atoms with E-state index in [-0.39, 0.29) is 11.3 Å². The quantitative estimate of drug-likeness (QED) is 0.714. The largest absolute Gasteiger partial charge is 0.508 e. The lowest BCUT2D eigenvalue weighted by molar-refractivity contribution is 0.474. The highest BCUT2D eigenvalue weighted by molar-refractivity contribution is 5.59. The third-order valence-electron chi connectivity index (χ3n) is 1.91. The van der Waals surface area contributed by atoms with E-state index in [4.69, 9.17) is 0 Å². The summed E-state index contributed by atoms with van der Waals surface area (Å²) in [5, 5.41) is 9.24. The van der Waals surface area contributed by atoms with Crippen molar-refractivity contribution in [3.8, 4) is 17.0 Å². The molecular weight excluding hydrogens is 178 g/mol. The molecule has 0 atom stereocenters. The number of aromatic hydroxyl groups is 1. The minimum atomic E-state index is -0.302. The summed E-state index contributed by atoms with van der Waals surface area (Å²) in [6.45, 7) is 0. The van der Waals surface area contributed by atoms with Gasteiger partial charge in [0.05, 0.1) is 5.69 Å². The summed E-state index contributed by atoms with van der Waals surface area (Å²) in [7, 11) is 0. The zero-order chi connectivity index (χ0) is 9.97. The average molecular weight is 187 g/mol. The summed E-state index contributed by atoms with van der Waals surface area (Å²) in [4.78, 5) is 13.7. The molecule has 0 spiro atoms. The molecule has 0 amide bonds. The second-order valence-electron chi connectivity index (χ2n) is 2.98. The van der Waals surface area contributed by atoms with Crippen molar-refractivity contribution in [1.29, 1.82) is 0 Å². The summed E-state index contributed by atoms with van der Waals surface area (Å²) in [6.07, 6.45) is 0. The van der Waals surface area contributed by atoms with Crippen molar-refractivity contribution in [2.24, 2.45) is 0 Å². The number of pyridine rings is 1. The minimum Gasteiger partial charge on any atom is -0.508 e. The average Bonchev–Trinajstić information content (AvgIpc) is 2.18. The van der Waals surface area contributed by atoms with Crippen LogP contribution in [0.3, 0.4) is 0 Å². The first-order valence-electron chi connectivity index (χ1n) is 4.24. The third kappa shape index (κ3) is 1.66.